The second-order valence-electron chi connectivity index (χ2n) is 6.19. The van der Waals surface area contributed by atoms with E-state index in [1.165, 1.54) is 29.7 Å². The van der Waals surface area contributed by atoms with Crippen molar-refractivity contribution in [1.29, 1.82) is 0 Å². The van der Waals surface area contributed by atoms with Gasteiger partial charge in [0.15, 0.2) is 0 Å². The fourth-order valence-electron chi connectivity index (χ4n) is 3.10. The predicted octanol–water partition coefficient (Wildman–Crippen LogP) is 3.38. The van der Waals surface area contributed by atoms with Gasteiger partial charge in [-0.2, -0.15) is 0 Å². The number of nitrogens with zero attached hydrogens (tertiary/aromatic N) is 1. The lowest BCUT2D eigenvalue weighted by Gasteiger charge is -2.16. The molecule has 0 aliphatic heterocycles. The van der Waals surface area contributed by atoms with Crippen LogP contribution in [0.15, 0.2) is 42.5 Å². The topological polar surface area (TPSA) is 32.3 Å². The van der Waals surface area contributed by atoms with E-state index in [0.717, 1.165) is 24.1 Å². The first-order valence-electron chi connectivity index (χ1n) is 7.95. The number of aryl methyl sites for hydroxylation is 2. The molecule has 0 aromatic heterocycles. The van der Waals surface area contributed by atoms with Crippen LogP contribution in [0.1, 0.15) is 23.1 Å². The first kappa shape index (κ1) is 15.7. The van der Waals surface area contributed by atoms with Crippen molar-refractivity contribution in [3.8, 4) is 0 Å². The van der Waals surface area contributed by atoms with E-state index in [9.17, 15) is 9.18 Å². The average molecular weight is 312 g/mol. The van der Waals surface area contributed by atoms with Crippen LogP contribution < -0.4 is 5.32 Å². The third-order valence-corrected chi connectivity index (χ3v) is 4.14. The van der Waals surface area contributed by atoms with Gasteiger partial charge < -0.3 is 5.32 Å². The van der Waals surface area contributed by atoms with Crippen LogP contribution in [0.5, 0.6) is 0 Å². The Balaban J connectivity index is 1.54. The summed E-state index contributed by atoms with van der Waals surface area (Å²) in [5.41, 5.74) is 4.45. The number of hydrogen-bond donors (Lipinski definition) is 1. The predicted molar refractivity (Wildman–Crippen MR) is 89.8 cm³/mol. The first-order valence-corrected chi connectivity index (χ1v) is 7.95. The molecule has 23 heavy (non-hydrogen) atoms. The van der Waals surface area contributed by atoms with Crippen LogP contribution in [0.25, 0.3) is 0 Å². The number of nitrogens with one attached hydrogen (secondary N) is 1. The summed E-state index contributed by atoms with van der Waals surface area (Å²) in [6.07, 6.45) is 3.43. The smallest absolute Gasteiger partial charge is 0.238 e. The lowest BCUT2D eigenvalue weighted by Crippen LogP contribution is -2.29. The minimum Gasteiger partial charge on any atom is -0.325 e. The average Bonchev–Trinajstić information content (AvgIpc) is 2.94. The van der Waals surface area contributed by atoms with Crippen LogP contribution in [-0.4, -0.2) is 24.4 Å². The number of hydrogen-bond acceptors (Lipinski definition) is 2. The summed E-state index contributed by atoms with van der Waals surface area (Å²) in [4.78, 5) is 14.0. The molecule has 1 aliphatic rings. The molecule has 1 aliphatic carbocycles. The summed E-state index contributed by atoms with van der Waals surface area (Å²) in [5, 5.41) is 2.95. The second kappa shape index (κ2) is 6.92. The summed E-state index contributed by atoms with van der Waals surface area (Å²) < 4.78 is 13.2. The summed E-state index contributed by atoms with van der Waals surface area (Å²) in [6.45, 7) is 0.808. The number of likely N-dealkylation sites (N-methyl/N-ethyl adjacent to an activating group) is 1. The van der Waals surface area contributed by atoms with E-state index in [-0.39, 0.29) is 18.3 Å². The van der Waals surface area contributed by atoms with E-state index in [2.05, 4.69) is 17.4 Å². The van der Waals surface area contributed by atoms with Crippen molar-refractivity contribution in [2.75, 3.05) is 18.9 Å². The van der Waals surface area contributed by atoms with Crippen molar-refractivity contribution in [3.63, 3.8) is 0 Å². The molecule has 0 spiro atoms. The van der Waals surface area contributed by atoms with Crippen molar-refractivity contribution in [3.05, 3.63) is 65.0 Å². The second-order valence-corrected chi connectivity index (χ2v) is 6.19. The molecule has 0 saturated carbocycles. The standard InChI is InChI=1S/C19H21FN2O/c1-22(12-14-4-2-7-17(20)10-14)13-19(23)21-18-9-8-15-5-3-6-16(15)11-18/h2,4,7-11H,3,5-6,12-13H2,1H3,(H,21,23). The van der Waals surface area contributed by atoms with Gasteiger partial charge in [-0.05, 0) is 67.3 Å². The monoisotopic (exact) mass is 312 g/mol. The van der Waals surface area contributed by atoms with Crippen LogP contribution in [0.4, 0.5) is 10.1 Å². The van der Waals surface area contributed by atoms with Gasteiger partial charge in [0.05, 0.1) is 6.54 Å². The van der Waals surface area contributed by atoms with Gasteiger partial charge in [-0.15, -0.1) is 0 Å². The zero-order valence-corrected chi connectivity index (χ0v) is 13.3. The maximum Gasteiger partial charge on any atom is 0.238 e. The number of amides is 1. The summed E-state index contributed by atoms with van der Waals surface area (Å²) in [6, 6.07) is 12.6. The number of benzene rings is 2. The fourth-order valence-corrected chi connectivity index (χ4v) is 3.10. The largest absolute Gasteiger partial charge is 0.325 e. The van der Waals surface area contributed by atoms with Crippen molar-refractivity contribution in [2.24, 2.45) is 0 Å². The van der Waals surface area contributed by atoms with E-state index in [4.69, 9.17) is 0 Å². The molecule has 0 bridgehead atoms. The molecule has 4 heteroatoms. The zero-order chi connectivity index (χ0) is 16.2. The number of halogens is 1. The summed E-state index contributed by atoms with van der Waals surface area (Å²) in [5.74, 6) is -0.305. The van der Waals surface area contributed by atoms with E-state index < -0.39 is 0 Å². The van der Waals surface area contributed by atoms with Crippen LogP contribution in [0.3, 0.4) is 0 Å². The quantitative estimate of drug-likeness (QED) is 0.918. The molecule has 0 heterocycles. The Kier molecular flexibility index (Phi) is 4.72. The van der Waals surface area contributed by atoms with E-state index >= 15 is 0 Å². The van der Waals surface area contributed by atoms with Crippen LogP contribution >= 0.6 is 0 Å². The Labute approximate surface area is 136 Å². The third-order valence-electron chi connectivity index (χ3n) is 4.14. The number of rotatable bonds is 5. The Morgan fingerprint density at radius 3 is 2.83 bits per heavy atom. The first-order chi connectivity index (χ1) is 11.1. The zero-order valence-electron chi connectivity index (χ0n) is 13.3. The molecule has 0 atom stereocenters. The van der Waals surface area contributed by atoms with E-state index in [1.54, 1.807) is 6.07 Å². The maximum atomic E-state index is 13.2. The third kappa shape index (κ3) is 4.17. The summed E-state index contributed by atoms with van der Waals surface area (Å²) in [7, 11) is 1.85. The molecule has 1 amide bonds. The molecule has 120 valence electrons. The van der Waals surface area contributed by atoms with Gasteiger partial charge >= 0.3 is 0 Å². The van der Waals surface area contributed by atoms with Gasteiger partial charge in [-0.3, -0.25) is 9.69 Å². The molecule has 0 saturated heterocycles. The summed E-state index contributed by atoms with van der Waals surface area (Å²) >= 11 is 0. The van der Waals surface area contributed by atoms with Crippen LogP contribution in [0.2, 0.25) is 0 Å². The molecule has 3 nitrogen and oxygen atoms in total. The Morgan fingerprint density at radius 1 is 1.17 bits per heavy atom. The van der Waals surface area contributed by atoms with E-state index in [1.807, 2.05) is 24.1 Å². The van der Waals surface area contributed by atoms with Gasteiger partial charge in [-0.25, -0.2) is 4.39 Å². The van der Waals surface area contributed by atoms with Crippen LogP contribution in [-0.2, 0) is 24.2 Å². The van der Waals surface area contributed by atoms with Crippen molar-refractivity contribution >= 4 is 11.6 Å². The molecule has 0 unspecified atom stereocenters. The van der Waals surface area contributed by atoms with Gasteiger partial charge in [0, 0.05) is 12.2 Å². The minimum absolute atomic E-state index is 0.0538. The molecule has 0 radical (unpaired) electrons. The van der Waals surface area contributed by atoms with Gasteiger partial charge in [-0.1, -0.05) is 18.2 Å². The van der Waals surface area contributed by atoms with Gasteiger partial charge in [0.1, 0.15) is 5.82 Å². The SMILES string of the molecule is CN(CC(=O)Nc1ccc2c(c1)CCC2)Cc1cccc(F)c1. The Hall–Kier alpha value is -2.20. The maximum absolute atomic E-state index is 13.2. The number of carbonyl (C=O) groups excluding carboxylic acids is 1. The normalized spacial score (nSPS) is 13.2. The molecule has 2 aromatic rings. The highest BCUT2D eigenvalue weighted by molar-refractivity contribution is 5.92. The molecular formula is C19H21FN2O. The van der Waals surface area contributed by atoms with Gasteiger partial charge in [0.25, 0.3) is 0 Å². The van der Waals surface area contributed by atoms with Gasteiger partial charge in [0.2, 0.25) is 5.91 Å². The number of carbonyl (C=O) groups is 1. The van der Waals surface area contributed by atoms with Crippen molar-refractivity contribution in [2.45, 2.75) is 25.8 Å². The lowest BCUT2D eigenvalue weighted by molar-refractivity contribution is -0.117. The number of anilines is 1. The highest BCUT2D eigenvalue weighted by Gasteiger charge is 2.12. The fraction of sp³-hybridized carbons (Fsp3) is 0.316. The van der Waals surface area contributed by atoms with Crippen molar-refractivity contribution < 1.29 is 9.18 Å². The highest BCUT2D eigenvalue weighted by atomic mass is 19.1. The number of fused-ring (bicyclic) bond motifs is 1. The molecule has 0 fully saturated rings. The van der Waals surface area contributed by atoms with Crippen LogP contribution in [0, 0.1) is 5.82 Å². The Morgan fingerprint density at radius 2 is 2.00 bits per heavy atom. The Bertz CT molecular complexity index is 714. The lowest BCUT2D eigenvalue weighted by atomic mass is 10.1. The highest BCUT2D eigenvalue weighted by Crippen LogP contribution is 2.24. The molecular weight excluding hydrogens is 291 g/mol. The molecule has 1 N–H and O–H groups in total. The molecule has 2 aromatic carbocycles. The van der Waals surface area contributed by atoms with E-state index in [0.29, 0.717) is 6.54 Å². The molecule has 3 rings (SSSR count). The van der Waals surface area contributed by atoms with Crippen molar-refractivity contribution in [1.82, 2.24) is 4.90 Å². The minimum atomic E-state index is -0.251.